The normalized spacial score (nSPS) is 18.8. The van der Waals surface area contributed by atoms with Crippen molar-refractivity contribution in [3.8, 4) is 11.3 Å². The summed E-state index contributed by atoms with van der Waals surface area (Å²) in [5.74, 6) is 0.245. The zero-order valence-corrected chi connectivity index (χ0v) is 8.87. The topological polar surface area (TPSA) is 38.6 Å². The minimum atomic E-state index is -0.297. The molecule has 0 saturated carbocycles. The summed E-state index contributed by atoms with van der Waals surface area (Å²) in [5.41, 5.74) is 1.24. The third kappa shape index (κ3) is 1.60. The first-order valence-electron chi connectivity index (χ1n) is 4.78. The van der Waals surface area contributed by atoms with Gasteiger partial charge in [0, 0.05) is 5.56 Å². The fourth-order valence-electron chi connectivity index (χ4n) is 1.48. The van der Waals surface area contributed by atoms with Gasteiger partial charge >= 0.3 is 0 Å². The van der Waals surface area contributed by atoms with E-state index in [0.29, 0.717) is 23.1 Å². The number of hydrogen-bond acceptors (Lipinski definition) is 3. The molecule has 1 aliphatic rings. The summed E-state index contributed by atoms with van der Waals surface area (Å²) in [6.45, 7) is 0.609. The summed E-state index contributed by atoms with van der Waals surface area (Å²) >= 11 is 6.10. The van der Waals surface area contributed by atoms with Gasteiger partial charge in [-0.15, -0.1) is 0 Å². The molecule has 0 spiro atoms. The molecule has 0 amide bonds. The second kappa shape index (κ2) is 3.57. The fourth-order valence-corrected chi connectivity index (χ4v) is 1.78. The molecule has 1 saturated heterocycles. The van der Waals surface area contributed by atoms with Gasteiger partial charge in [0.1, 0.15) is 22.6 Å². The lowest BCUT2D eigenvalue weighted by atomic mass is 10.1. The number of nitrogens with zero attached hydrogens (tertiary/aromatic N) is 1. The highest BCUT2D eigenvalue weighted by Gasteiger charge is 2.33. The Balaban J connectivity index is 2.02. The molecule has 2 heterocycles. The van der Waals surface area contributed by atoms with Gasteiger partial charge in [-0.1, -0.05) is 16.8 Å². The number of benzene rings is 1. The summed E-state index contributed by atoms with van der Waals surface area (Å²) in [5, 5.41) is 4.31. The molecule has 5 heteroatoms. The average Bonchev–Trinajstić information content (AvgIpc) is 3.05. The highest BCUT2D eigenvalue weighted by molar-refractivity contribution is 6.33. The maximum Gasteiger partial charge on any atom is 0.187 e. The van der Waals surface area contributed by atoms with Crippen LogP contribution >= 0.6 is 11.6 Å². The van der Waals surface area contributed by atoms with Crippen molar-refractivity contribution in [3.05, 3.63) is 40.9 Å². The Bertz CT molecular complexity index is 519. The van der Waals surface area contributed by atoms with Crippen LogP contribution in [-0.2, 0) is 4.74 Å². The molecular formula is C11H7ClFNO2. The molecule has 0 bridgehead atoms. The van der Waals surface area contributed by atoms with Gasteiger partial charge in [0.2, 0.25) is 0 Å². The van der Waals surface area contributed by atoms with Gasteiger partial charge in [0.15, 0.2) is 5.76 Å². The lowest BCUT2D eigenvalue weighted by Gasteiger charge is -1.95. The van der Waals surface area contributed by atoms with Crippen molar-refractivity contribution >= 4 is 11.6 Å². The van der Waals surface area contributed by atoms with Crippen molar-refractivity contribution in [2.24, 2.45) is 0 Å². The monoisotopic (exact) mass is 239 g/mol. The molecule has 1 aliphatic heterocycles. The second-order valence-corrected chi connectivity index (χ2v) is 3.92. The molecule has 1 unspecified atom stereocenters. The van der Waals surface area contributed by atoms with E-state index in [1.54, 1.807) is 12.1 Å². The van der Waals surface area contributed by atoms with E-state index in [2.05, 4.69) is 5.16 Å². The van der Waals surface area contributed by atoms with Crippen LogP contribution in [0.2, 0.25) is 5.02 Å². The van der Waals surface area contributed by atoms with Crippen LogP contribution in [0.1, 0.15) is 11.9 Å². The van der Waals surface area contributed by atoms with E-state index in [-0.39, 0.29) is 11.9 Å². The van der Waals surface area contributed by atoms with Gasteiger partial charge in [-0.3, -0.25) is 0 Å². The van der Waals surface area contributed by atoms with E-state index < -0.39 is 0 Å². The average molecular weight is 240 g/mol. The standard InChI is InChI=1S/C11H7ClFNO2/c12-9-10(6-1-3-7(13)4-2-6)14-16-11(9)8-5-15-8/h1-4,8H,5H2. The van der Waals surface area contributed by atoms with E-state index in [0.717, 1.165) is 5.56 Å². The zero-order chi connectivity index (χ0) is 11.1. The first-order chi connectivity index (χ1) is 7.75. The SMILES string of the molecule is Fc1ccc(-c2noc(C3CO3)c2Cl)cc1. The minimum Gasteiger partial charge on any atom is -0.364 e. The Morgan fingerprint density at radius 2 is 2.00 bits per heavy atom. The Morgan fingerprint density at radius 3 is 2.62 bits per heavy atom. The first-order valence-corrected chi connectivity index (χ1v) is 5.16. The van der Waals surface area contributed by atoms with Gasteiger partial charge in [-0.2, -0.15) is 0 Å². The smallest absolute Gasteiger partial charge is 0.187 e. The molecule has 1 aromatic heterocycles. The largest absolute Gasteiger partial charge is 0.364 e. The third-order valence-electron chi connectivity index (χ3n) is 2.40. The van der Waals surface area contributed by atoms with Crippen molar-refractivity contribution in [2.75, 3.05) is 6.61 Å². The maximum atomic E-state index is 12.7. The zero-order valence-electron chi connectivity index (χ0n) is 8.11. The minimum absolute atomic E-state index is 0.0748. The predicted octanol–water partition coefficient (Wildman–Crippen LogP) is 3.21. The molecule has 0 N–H and O–H groups in total. The highest BCUT2D eigenvalue weighted by Crippen LogP contribution is 2.39. The molecule has 0 radical (unpaired) electrons. The van der Waals surface area contributed by atoms with E-state index in [9.17, 15) is 4.39 Å². The molecular weight excluding hydrogens is 233 g/mol. The van der Waals surface area contributed by atoms with E-state index in [1.165, 1.54) is 12.1 Å². The van der Waals surface area contributed by atoms with Crippen molar-refractivity contribution in [3.63, 3.8) is 0 Å². The third-order valence-corrected chi connectivity index (χ3v) is 2.77. The number of rotatable bonds is 2. The van der Waals surface area contributed by atoms with Crippen molar-refractivity contribution in [2.45, 2.75) is 6.10 Å². The summed E-state index contributed by atoms with van der Waals surface area (Å²) in [6.07, 6.45) is -0.0748. The van der Waals surface area contributed by atoms with Gasteiger partial charge in [0.25, 0.3) is 0 Å². The van der Waals surface area contributed by atoms with E-state index >= 15 is 0 Å². The maximum absolute atomic E-state index is 12.7. The number of hydrogen-bond donors (Lipinski definition) is 0. The molecule has 16 heavy (non-hydrogen) atoms. The first kappa shape index (κ1) is 9.81. The van der Waals surface area contributed by atoms with Crippen LogP contribution in [-0.4, -0.2) is 11.8 Å². The van der Waals surface area contributed by atoms with E-state index in [4.69, 9.17) is 20.9 Å². The Labute approximate surface area is 95.8 Å². The molecule has 2 aromatic rings. The summed E-state index contributed by atoms with van der Waals surface area (Å²) in [4.78, 5) is 0. The lowest BCUT2D eigenvalue weighted by Crippen LogP contribution is -1.80. The molecule has 1 atom stereocenters. The Hall–Kier alpha value is -1.39. The van der Waals surface area contributed by atoms with Gasteiger partial charge in [0.05, 0.1) is 6.61 Å². The van der Waals surface area contributed by atoms with Crippen molar-refractivity contribution in [1.29, 1.82) is 0 Å². The second-order valence-electron chi connectivity index (χ2n) is 3.54. The van der Waals surface area contributed by atoms with E-state index in [1.807, 2.05) is 0 Å². The van der Waals surface area contributed by atoms with Crippen LogP contribution in [0.5, 0.6) is 0 Å². The molecule has 0 aliphatic carbocycles. The summed E-state index contributed by atoms with van der Waals surface area (Å²) < 4.78 is 22.9. The van der Waals surface area contributed by atoms with Crippen LogP contribution in [0.15, 0.2) is 28.8 Å². The van der Waals surface area contributed by atoms with Gasteiger partial charge in [-0.05, 0) is 24.3 Å². The fraction of sp³-hybridized carbons (Fsp3) is 0.182. The highest BCUT2D eigenvalue weighted by atomic mass is 35.5. The quantitative estimate of drug-likeness (QED) is 0.756. The molecule has 1 aromatic carbocycles. The lowest BCUT2D eigenvalue weighted by molar-refractivity contribution is 0.327. The predicted molar refractivity (Wildman–Crippen MR) is 55.6 cm³/mol. The van der Waals surface area contributed by atoms with Gasteiger partial charge < -0.3 is 9.26 Å². The van der Waals surface area contributed by atoms with Crippen LogP contribution in [0.4, 0.5) is 4.39 Å². The number of aromatic nitrogens is 1. The number of epoxide rings is 1. The molecule has 1 fully saturated rings. The Morgan fingerprint density at radius 1 is 1.31 bits per heavy atom. The van der Waals surface area contributed by atoms with Crippen LogP contribution in [0.25, 0.3) is 11.3 Å². The number of halogens is 2. The summed E-state index contributed by atoms with van der Waals surface area (Å²) in [6, 6.07) is 5.93. The molecule has 82 valence electrons. The Kier molecular flexibility index (Phi) is 2.19. The van der Waals surface area contributed by atoms with Crippen molar-refractivity contribution < 1.29 is 13.7 Å². The molecule has 3 rings (SSSR count). The van der Waals surface area contributed by atoms with Crippen LogP contribution < -0.4 is 0 Å². The van der Waals surface area contributed by atoms with Crippen molar-refractivity contribution in [1.82, 2.24) is 5.16 Å². The van der Waals surface area contributed by atoms with Crippen LogP contribution in [0, 0.1) is 5.82 Å². The number of ether oxygens (including phenoxy) is 1. The summed E-state index contributed by atoms with van der Waals surface area (Å²) in [7, 11) is 0. The molecule has 3 nitrogen and oxygen atoms in total. The van der Waals surface area contributed by atoms with Crippen LogP contribution in [0.3, 0.4) is 0 Å². The van der Waals surface area contributed by atoms with Gasteiger partial charge in [-0.25, -0.2) is 4.39 Å².